The van der Waals surface area contributed by atoms with Crippen LogP contribution in [-0.2, 0) is 19.1 Å². The number of alkyl carbamates (subject to hydrolysis) is 2. The van der Waals surface area contributed by atoms with Crippen LogP contribution in [0.3, 0.4) is 0 Å². The first-order chi connectivity index (χ1) is 27.9. The van der Waals surface area contributed by atoms with Crippen LogP contribution in [0, 0.1) is 30.2 Å². The molecule has 58 heavy (non-hydrogen) atoms. The normalized spacial score (nSPS) is 23.8. The van der Waals surface area contributed by atoms with Crippen LogP contribution in [0.1, 0.15) is 77.1 Å². The van der Waals surface area contributed by atoms with Crippen molar-refractivity contribution in [2.75, 3.05) is 14.2 Å². The van der Waals surface area contributed by atoms with E-state index in [0.29, 0.717) is 29.2 Å². The molecule has 2 aromatic carbocycles. The van der Waals surface area contributed by atoms with Crippen LogP contribution in [0.25, 0.3) is 38.5 Å². The monoisotopic (exact) mass is 787 g/mol. The standard InChI is InChI=1S/C43H49N9O6/c1-21(2)34(48-42(55)57-6)40(53)51-30-16-27(30)18-32(51)37-45-20-29(46-37)25-12-8-23(9-13-25)24-10-14-26(15-11-24)36-39(44-5)50-38(47-36)33-19-28-17-31(28)52(33)41(54)35(22(3)4)49-43(56)58-7/h8-15,20-22,27-28,30-35H,16-19H2,1-4,6-7H3,(H,45,46)(H,47,50)(H,48,55)(H,49,56)/t27-,28?,30?,31-,32+,33+,34+,35+/m1/s1. The zero-order valence-corrected chi connectivity index (χ0v) is 33.5. The second kappa shape index (κ2) is 15.3. The zero-order chi connectivity index (χ0) is 41.0. The second-order valence-electron chi connectivity index (χ2n) is 16.6. The van der Waals surface area contributed by atoms with Crippen molar-refractivity contribution in [1.29, 1.82) is 0 Å². The molecule has 0 bridgehead atoms. The van der Waals surface area contributed by atoms with Crippen molar-refractivity contribution < 1.29 is 28.7 Å². The lowest BCUT2D eigenvalue weighted by atomic mass is 10.0. The molecule has 8 atom stereocenters. The number of ether oxygens (including phenoxy) is 2. The van der Waals surface area contributed by atoms with Crippen molar-refractivity contribution >= 4 is 29.8 Å². The SMILES string of the molecule is [C-]#[N+]c1[nH]c([C@@H]2CC3C[C@H]3N2C(=O)[C@@H](NC(=O)OC)C(C)C)nc1-c1ccc(-c2ccc(-c3c[nH]c([C@@H]4C[C@H]5CC5N4C(=O)[C@@H](NC(=O)OC)C(C)C)n3)cc2)cc1. The largest absolute Gasteiger partial charge is 0.453 e. The smallest absolute Gasteiger partial charge is 0.407 e. The number of imidazole rings is 2. The number of nitrogens with one attached hydrogen (secondary N) is 4. The van der Waals surface area contributed by atoms with E-state index < -0.39 is 24.3 Å². The predicted octanol–water partition coefficient (Wildman–Crippen LogP) is 6.77. The van der Waals surface area contributed by atoms with Crippen LogP contribution in [0.15, 0.2) is 54.7 Å². The number of benzene rings is 2. The van der Waals surface area contributed by atoms with E-state index in [9.17, 15) is 19.2 Å². The van der Waals surface area contributed by atoms with Gasteiger partial charge in [0.25, 0.3) is 5.82 Å². The van der Waals surface area contributed by atoms with Crippen molar-refractivity contribution in [3.8, 4) is 33.6 Å². The molecule has 2 aromatic heterocycles. The highest BCUT2D eigenvalue weighted by atomic mass is 16.5. The number of nitrogens with zero attached hydrogens (tertiary/aromatic N) is 5. The van der Waals surface area contributed by atoms with Crippen LogP contribution in [-0.4, -0.2) is 92.1 Å². The molecule has 2 saturated carbocycles. The van der Waals surface area contributed by atoms with Crippen LogP contribution in [0.5, 0.6) is 0 Å². The molecular weight excluding hydrogens is 739 g/mol. The van der Waals surface area contributed by atoms with E-state index in [0.717, 1.165) is 59.5 Å². The van der Waals surface area contributed by atoms with Gasteiger partial charge in [-0.2, -0.15) is 0 Å². The first-order valence-electron chi connectivity index (χ1n) is 20.0. The van der Waals surface area contributed by atoms with Gasteiger partial charge in [0.2, 0.25) is 17.6 Å². The molecule has 2 aliphatic heterocycles. The van der Waals surface area contributed by atoms with E-state index >= 15 is 0 Å². The van der Waals surface area contributed by atoms with Crippen LogP contribution >= 0.6 is 0 Å². The molecule has 8 rings (SSSR count). The molecule has 4 amide bonds. The molecule has 15 nitrogen and oxygen atoms in total. The molecule has 2 saturated heterocycles. The number of carbonyl (C=O) groups excluding carboxylic acids is 4. The summed E-state index contributed by atoms with van der Waals surface area (Å²) < 4.78 is 9.58. The van der Waals surface area contributed by atoms with E-state index in [1.54, 1.807) is 0 Å². The van der Waals surface area contributed by atoms with Gasteiger partial charge in [0.05, 0.1) is 31.6 Å². The van der Waals surface area contributed by atoms with Gasteiger partial charge in [0.1, 0.15) is 23.9 Å². The molecule has 15 heteroatoms. The van der Waals surface area contributed by atoms with Gasteiger partial charge in [-0.05, 0) is 66.0 Å². The molecule has 4 aromatic rings. The highest BCUT2D eigenvalue weighted by Crippen LogP contribution is 2.55. The summed E-state index contributed by atoms with van der Waals surface area (Å²) in [6.45, 7) is 15.5. The van der Waals surface area contributed by atoms with Crippen molar-refractivity contribution in [2.24, 2.45) is 23.7 Å². The van der Waals surface area contributed by atoms with Crippen LogP contribution in [0.2, 0.25) is 0 Å². The summed E-state index contributed by atoms with van der Waals surface area (Å²) in [4.78, 5) is 75.7. The fourth-order valence-corrected chi connectivity index (χ4v) is 8.89. The van der Waals surface area contributed by atoms with Crippen LogP contribution < -0.4 is 10.6 Å². The summed E-state index contributed by atoms with van der Waals surface area (Å²) in [5, 5.41) is 5.43. The van der Waals surface area contributed by atoms with Gasteiger partial charge < -0.3 is 39.7 Å². The average molecular weight is 788 g/mol. The third-order valence-electron chi connectivity index (χ3n) is 12.2. The Bertz CT molecular complexity index is 2260. The second-order valence-corrected chi connectivity index (χ2v) is 16.6. The summed E-state index contributed by atoms with van der Waals surface area (Å²) in [6.07, 6.45) is 4.05. The number of aromatic nitrogens is 4. The number of carbonyl (C=O) groups is 4. The van der Waals surface area contributed by atoms with E-state index in [-0.39, 0.29) is 47.8 Å². The topological polar surface area (TPSA) is 179 Å². The maximum Gasteiger partial charge on any atom is 0.407 e. The summed E-state index contributed by atoms with van der Waals surface area (Å²) in [7, 11) is 2.57. The van der Waals surface area contributed by atoms with Crippen molar-refractivity contribution in [3.63, 3.8) is 0 Å². The van der Waals surface area contributed by atoms with E-state index in [1.807, 2.05) is 92.2 Å². The van der Waals surface area contributed by atoms with Gasteiger partial charge in [-0.1, -0.05) is 82.8 Å². The van der Waals surface area contributed by atoms with Gasteiger partial charge in [-0.3, -0.25) is 14.6 Å². The molecule has 4 aliphatic rings. The minimum absolute atomic E-state index is 0.0866. The predicted molar refractivity (Wildman–Crippen MR) is 214 cm³/mol. The Balaban J connectivity index is 0.961. The number of piperidine rings is 2. The minimum Gasteiger partial charge on any atom is -0.453 e. The lowest BCUT2D eigenvalue weighted by Gasteiger charge is -2.31. The highest BCUT2D eigenvalue weighted by Gasteiger charge is 2.58. The number of hydrogen-bond acceptors (Lipinski definition) is 8. The molecule has 4 fully saturated rings. The summed E-state index contributed by atoms with van der Waals surface area (Å²) in [6, 6.07) is 14.3. The van der Waals surface area contributed by atoms with E-state index in [1.165, 1.54) is 14.2 Å². The number of likely N-dealkylation sites (tertiary alicyclic amines) is 2. The molecular formula is C43H49N9O6. The van der Waals surface area contributed by atoms with Gasteiger partial charge in [-0.25, -0.2) is 19.6 Å². The lowest BCUT2D eigenvalue weighted by molar-refractivity contribution is -0.137. The number of amides is 4. The fraction of sp³-hybridized carbons (Fsp3) is 0.465. The number of H-pyrrole nitrogens is 2. The molecule has 4 N–H and O–H groups in total. The van der Waals surface area contributed by atoms with E-state index in [4.69, 9.17) is 26.0 Å². The molecule has 302 valence electrons. The minimum atomic E-state index is -0.741. The number of rotatable bonds is 11. The summed E-state index contributed by atoms with van der Waals surface area (Å²) >= 11 is 0. The van der Waals surface area contributed by atoms with Crippen molar-refractivity contribution in [1.82, 2.24) is 40.4 Å². The Morgan fingerprint density at radius 1 is 0.707 bits per heavy atom. The number of hydrogen-bond donors (Lipinski definition) is 4. The number of methoxy groups -OCH3 is 2. The Labute approximate surface area is 337 Å². The lowest BCUT2D eigenvalue weighted by Crippen LogP contribution is -2.52. The van der Waals surface area contributed by atoms with Gasteiger partial charge in [0, 0.05) is 23.8 Å². The quantitative estimate of drug-likeness (QED) is 0.120. The molecule has 2 unspecified atom stereocenters. The van der Waals surface area contributed by atoms with Gasteiger partial charge in [0.15, 0.2) is 0 Å². The Morgan fingerprint density at radius 3 is 1.64 bits per heavy atom. The van der Waals surface area contributed by atoms with Gasteiger partial charge >= 0.3 is 12.2 Å². The van der Waals surface area contributed by atoms with E-state index in [2.05, 4.69) is 25.4 Å². The maximum absolute atomic E-state index is 13.9. The first-order valence-corrected chi connectivity index (χ1v) is 20.0. The molecule has 0 radical (unpaired) electrons. The third kappa shape index (κ3) is 7.16. The number of aromatic amines is 2. The third-order valence-corrected chi connectivity index (χ3v) is 12.2. The Morgan fingerprint density at radius 2 is 1.17 bits per heavy atom. The maximum atomic E-state index is 13.9. The van der Waals surface area contributed by atoms with Crippen molar-refractivity contribution in [2.45, 2.75) is 89.6 Å². The average Bonchev–Trinajstić information content (AvgIpc) is 3.85. The Hall–Kier alpha value is -6.17. The Kier molecular flexibility index (Phi) is 10.2. The van der Waals surface area contributed by atoms with Crippen molar-refractivity contribution in [3.05, 3.63) is 77.8 Å². The van der Waals surface area contributed by atoms with Gasteiger partial charge in [-0.15, -0.1) is 0 Å². The number of fused-ring (bicyclic) bond motifs is 2. The molecule has 4 heterocycles. The zero-order valence-electron chi connectivity index (χ0n) is 33.5. The highest BCUT2D eigenvalue weighted by molar-refractivity contribution is 5.88. The summed E-state index contributed by atoms with van der Waals surface area (Å²) in [5.74, 6) is 1.87. The summed E-state index contributed by atoms with van der Waals surface area (Å²) in [5.41, 5.74) is 5.01. The first kappa shape index (κ1) is 38.7. The molecule has 2 aliphatic carbocycles. The fourth-order valence-electron chi connectivity index (χ4n) is 8.89. The van der Waals surface area contributed by atoms with Crippen LogP contribution in [0.4, 0.5) is 15.4 Å². The molecule has 0 spiro atoms.